The smallest absolute Gasteiger partial charge is 0.131 e. The Morgan fingerprint density at radius 3 is 2.30 bits per heavy atom. The molecule has 0 fully saturated rings. The summed E-state index contributed by atoms with van der Waals surface area (Å²) in [4.78, 5) is 0. The van der Waals surface area contributed by atoms with Gasteiger partial charge in [0, 0.05) is 5.56 Å². The third-order valence-electron chi connectivity index (χ3n) is 3.47. The molecule has 0 aliphatic rings. The number of benzene rings is 2. The largest absolute Gasteiger partial charge is 0.206 e. The molecule has 104 valence electrons. The second kappa shape index (κ2) is 7.04. The Balaban J connectivity index is 2.20. The molecule has 0 saturated heterocycles. The van der Waals surface area contributed by atoms with E-state index in [1.165, 1.54) is 5.56 Å². The van der Waals surface area contributed by atoms with E-state index in [0.29, 0.717) is 5.56 Å². The fourth-order valence-corrected chi connectivity index (χ4v) is 2.36. The van der Waals surface area contributed by atoms with Crippen molar-refractivity contribution in [1.82, 2.24) is 0 Å². The summed E-state index contributed by atoms with van der Waals surface area (Å²) in [5, 5.41) is 0. The van der Waals surface area contributed by atoms with Crippen LogP contribution < -0.4 is 0 Å². The van der Waals surface area contributed by atoms with Crippen LogP contribution in [-0.2, 0) is 12.8 Å². The minimum atomic E-state index is -0.130. The van der Waals surface area contributed by atoms with Crippen molar-refractivity contribution in [2.75, 3.05) is 0 Å². The summed E-state index contributed by atoms with van der Waals surface area (Å²) in [6, 6.07) is 13.7. The SMILES string of the molecule is C=CCCc1ccc(-c2ccc(CCC)cc2F)cc1. The van der Waals surface area contributed by atoms with E-state index in [1.54, 1.807) is 6.07 Å². The molecule has 0 saturated carbocycles. The standard InChI is InChI=1S/C19H21F/c1-3-5-7-15-8-11-17(12-9-15)18-13-10-16(6-4-2)14-19(18)20/h3,8-14H,1,4-7H2,2H3. The van der Waals surface area contributed by atoms with Crippen LogP contribution >= 0.6 is 0 Å². The molecule has 0 nitrogen and oxygen atoms in total. The van der Waals surface area contributed by atoms with Crippen molar-refractivity contribution in [3.8, 4) is 11.1 Å². The number of allylic oxidation sites excluding steroid dienone is 1. The third kappa shape index (κ3) is 3.57. The first-order chi connectivity index (χ1) is 9.74. The lowest BCUT2D eigenvalue weighted by molar-refractivity contribution is 0.628. The summed E-state index contributed by atoms with van der Waals surface area (Å²) in [6.07, 6.45) is 5.84. The van der Waals surface area contributed by atoms with Crippen LogP contribution in [0.15, 0.2) is 55.1 Å². The maximum Gasteiger partial charge on any atom is 0.131 e. The number of rotatable bonds is 6. The average Bonchev–Trinajstić information content (AvgIpc) is 2.46. The number of hydrogen-bond acceptors (Lipinski definition) is 0. The van der Waals surface area contributed by atoms with Gasteiger partial charge in [-0.15, -0.1) is 6.58 Å². The highest BCUT2D eigenvalue weighted by Gasteiger charge is 2.06. The molecule has 1 heteroatoms. The van der Waals surface area contributed by atoms with Crippen molar-refractivity contribution >= 4 is 0 Å². The van der Waals surface area contributed by atoms with Gasteiger partial charge in [-0.2, -0.15) is 0 Å². The Morgan fingerprint density at radius 2 is 1.70 bits per heavy atom. The molecular weight excluding hydrogens is 247 g/mol. The first-order valence-corrected chi connectivity index (χ1v) is 7.23. The van der Waals surface area contributed by atoms with E-state index in [0.717, 1.165) is 36.8 Å². The third-order valence-corrected chi connectivity index (χ3v) is 3.47. The zero-order valence-electron chi connectivity index (χ0n) is 12.0. The Morgan fingerprint density at radius 1 is 1.00 bits per heavy atom. The zero-order valence-corrected chi connectivity index (χ0v) is 12.0. The lowest BCUT2D eigenvalue weighted by Gasteiger charge is -2.07. The highest BCUT2D eigenvalue weighted by Crippen LogP contribution is 2.24. The van der Waals surface area contributed by atoms with E-state index >= 15 is 0 Å². The first kappa shape index (κ1) is 14.5. The van der Waals surface area contributed by atoms with Crippen molar-refractivity contribution in [3.63, 3.8) is 0 Å². The molecule has 2 aromatic carbocycles. The quantitative estimate of drug-likeness (QED) is 0.601. The molecule has 0 heterocycles. The van der Waals surface area contributed by atoms with Crippen molar-refractivity contribution in [2.24, 2.45) is 0 Å². The molecule has 0 unspecified atom stereocenters. The van der Waals surface area contributed by atoms with Gasteiger partial charge in [-0.25, -0.2) is 4.39 Å². The van der Waals surface area contributed by atoms with E-state index in [2.05, 4.69) is 25.6 Å². The molecule has 0 bridgehead atoms. The van der Waals surface area contributed by atoms with Gasteiger partial charge in [0.25, 0.3) is 0 Å². The van der Waals surface area contributed by atoms with Gasteiger partial charge in [-0.1, -0.05) is 55.8 Å². The van der Waals surface area contributed by atoms with Crippen LogP contribution in [0.25, 0.3) is 11.1 Å². The second-order valence-electron chi connectivity index (χ2n) is 5.09. The zero-order chi connectivity index (χ0) is 14.4. The minimum absolute atomic E-state index is 0.130. The molecular formula is C19H21F. The molecule has 0 amide bonds. The van der Waals surface area contributed by atoms with Crippen LogP contribution in [0.1, 0.15) is 30.9 Å². The van der Waals surface area contributed by atoms with Gasteiger partial charge in [0.05, 0.1) is 0 Å². The van der Waals surface area contributed by atoms with E-state index in [4.69, 9.17) is 0 Å². The Kier molecular flexibility index (Phi) is 5.11. The molecule has 0 aliphatic heterocycles. The van der Waals surface area contributed by atoms with Gasteiger partial charge >= 0.3 is 0 Å². The number of halogens is 1. The van der Waals surface area contributed by atoms with Crippen molar-refractivity contribution in [2.45, 2.75) is 32.6 Å². The van der Waals surface area contributed by atoms with Crippen LogP contribution in [0, 0.1) is 5.82 Å². The maximum absolute atomic E-state index is 14.1. The van der Waals surface area contributed by atoms with Crippen LogP contribution in [0.3, 0.4) is 0 Å². The van der Waals surface area contributed by atoms with Crippen LogP contribution in [0.2, 0.25) is 0 Å². The first-order valence-electron chi connectivity index (χ1n) is 7.23. The topological polar surface area (TPSA) is 0 Å². The molecule has 2 rings (SSSR count). The highest BCUT2D eigenvalue weighted by atomic mass is 19.1. The van der Waals surface area contributed by atoms with E-state index < -0.39 is 0 Å². The molecule has 0 aromatic heterocycles. The molecule has 0 atom stereocenters. The molecule has 20 heavy (non-hydrogen) atoms. The normalized spacial score (nSPS) is 10.5. The molecule has 0 radical (unpaired) electrons. The van der Waals surface area contributed by atoms with E-state index in [-0.39, 0.29) is 5.82 Å². The lowest BCUT2D eigenvalue weighted by Crippen LogP contribution is -1.90. The minimum Gasteiger partial charge on any atom is -0.206 e. The highest BCUT2D eigenvalue weighted by molar-refractivity contribution is 5.64. The summed E-state index contributed by atoms with van der Waals surface area (Å²) < 4.78 is 14.1. The van der Waals surface area contributed by atoms with Gasteiger partial charge in [0.1, 0.15) is 5.82 Å². The number of hydrogen-bond donors (Lipinski definition) is 0. The fourth-order valence-electron chi connectivity index (χ4n) is 2.36. The number of aryl methyl sites for hydroxylation is 2. The average molecular weight is 268 g/mol. The van der Waals surface area contributed by atoms with Crippen molar-refractivity contribution < 1.29 is 4.39 Å². The van der Waals surface area contributed by atoms with Gasteiger partial charge in [-0.05, 0) is 42.0 Å². The molecule has 0 spiro atoms. The van der Waals surface area contributed by atoms with Crippen molar-refractivity contribution in [3.05, 3.63) is 72.1 Å². The van der Waals surface area contributed by atoms with Crippen LogP contribution in [0.4, 0.5) is 4.39 Å². The summed E-state index contributed by atoms with van der Waals surface area (Å²) in [5.74, 6) is -0.130. The predicted octanol–water partition coefficient (Wildman–Crippen LogP) is 5.56. The fraction of sp³-hybridized carbons (Fsp3) is 0.263. The molecule has 2 aromatic rings. The van der Waals surface area contributed by atoms with Crippen molar-refractivity contribution in [1.29, 1.82) is 0 Å². The molecule has 0 aliphatic carbocycles. The summed E-state index contributed by atoms with van der Waals surface area (Å²) in [7, 11) is 0. The summed E-state index contributed by atoms with van der Waals surface area (Å²) in [5.41, 5.74) is 3.95. The molecule has 0 N–H and O–H groups in total. The predicted molar refractivity (Wildman–Crippen MR) is 84.3 cm³/mol. The van der Waals surface area contributed by atoms with Crippen LogP contribution in [0.5, 0.6) is 0 Å². The van der Waals surface area contributed by atoms with Gasteiger partial charge in [0.2, 0.25) is 0 Å². The monoisotopic (exact) mass is 268 g/mol. The summed E-state index contributed by atoms with van der Waals surface area (Å²) >= 11 is 0. The van der Waals surface area contributed by atoms with Crippen LogP contribution in [-0.4, -0.2) is 0 Å². The van der Waals surface area contributed by atoms with E-state index in [1.807, 2.05) is 30.3 Å². The Labute approximate surface area is 121 Å². The van der Waals surface area contributed by atoms with Gasteiger partial charge in [-0.3, -0.25) is 0 Å². The second-order valence-corrected chi connectivity index (χ2v) is 5.09. The lowest BCUT2D eigenvalue weighted by atomic mass is 9.99. The van der Waals surface area contributed by atoms with Gasteiger partial charge in [0.15, 0.2) is 0 Å². The Hall–Kier alpha value is -1.89. The maximum atomic E-state index is 14.1. The van der Waals surface area contributed by atoms with E-state index in [9.17, 15) is 4.39 Å². The summed E-state index contributed by atoms with van der Waals surface area (Å²) in [6.45, 7) is 5.83. The Bertz CT molecular complexity index is 567. The van der Waals surface area contributed by atoms with Gasteiger partial charge < -0.3 is 0 Å².